The van der Waals surface area contributed by atoms with Crippen molar-refractivity contribution in [1.29, 1.82) is 0 Å². The predicted molar refractivity (Wildman–Crippen MR) is 164 cm³/mol. The fourth-order valence-electron chi connectivity index (χ4n) is 7.64. The molecule has 9 heteroatoms. The molecule has 0 saturated carbocycles. The minimum atomic E-state index is -1.08. The molecule has 3 aliphatic heterocycles. The third-order valence-electron chi connectivity index (χ3n) is 10.4. The van der Waals surface area contributed by atoms with Gasteiger partial charge in [-0.1, -0.05) is 20.8 Å². The average molecular weight is 587 g/mol. The van der Waals surface area contributed by atoms with E-state index in [4.69, 9.17) is 4.74 Å². The molecule has 9 nitrogen and oxygen atoms in total. The number of carbonyl (C=O) groups is 2. The maximum atomic E-state index is 13.3. The third kappa shape index (κ3) is 4.47. The molecular formula is C34H42N4O5. The lowest BCUT2D eigenvalue weighted by Gasteiger charge is -2.21. The maximum absolute atomic E-state index is 13.3. The molecule has 0 radical (unpaired) electrons. The molecule has 0 aromatic carbocycles. The van der Waals surface area contributed by atoms with Crippen LogP contribution in [0.1, 0.15) is 91.7 Å². The Hall–Kier alpha value is -3.98. The molecule has 8 bridgehead atoms. The number of rotatable bonds is 5. The molecule has 6 rings (SSSR count). The van der Waals surface area contributed by atoms with Crippen molar-refractivity contribution in [3.63, 3.8) is 0 Å². The molecule has 2 aromatic rings. The first-order valence-corrected chi connectivity index (χ1v) is 15.3. The van der Waals surface area contributed by atoms with E-state index in [0.717, 1.165) is 57.5 Å². The van der Waals surface area contributed by atoms with E-state index in [0.29, 0.717) is 24.0 Å². The molecule has 5 atom stereocenters. The van der Waals surface area contributed by atoms with Crippen LogP contribution in [-0.2, 0) is 27.2 Å². The van der Waals surface area contributed by atoms with E-state index in [1.54, 1.807) is 0 Å². The summed E-state index contributed by atoms with van der Waals surface area (Å²) in [5, 5.41) is 28.6. The number of aliphatic hydroxyl groups excluding tert-OH is 1. The zero-order valence-electron chi connectivity index (χ0n) is 26.0. The van der Waals surface area contributed by atoms with E-state index in [-0.39, 0.29) is 24.2 Å². The van der Waals surface area contributed by atoms with Crippen LogP contribution in [0.2, 0.25) is 0 Å². The predicted octanol–water partition coefficient (Wildman–Crippen LogP) is 5.13. The molecule has 0 spiro atoms. The van der Waals surface area contributed by atoms with Gasteiger partial charge in [0.05, 0.1) is 18.9 Å². The van der Waals surface area contributed by atoms with E-state index < -0.39 is 24.0 Å². The number of hydrogen-bond donors (Lipinski definition) is 6. The smallest absolute Gasteiger partial charge is 0.316 e. The molecule has 1 aliphatic carbocycles. The SMILES string of the molecule is CCc1c2[nH]c(c1C)C=C1NC(=C(C)[C@H]1C)/C=C1\N/C(=C3\c4[nH]c(c(C)c4[C@@H](O)[C@@H]3C(=O)OC)C2)[C@@H](CCC(=O)O)[C@@H]1C. The summed E-state index contributed by atoms with van der Waals surface area (Å²) in [6.45, 7) is 12.8. The summed E-state index contributed by atoms with van der Waals surface area (Å²) in [7, 11) is 1.34. The fraction of sp³-hybridized carbons (Fsp3) is 0.471. The van der Waals surface area contributed by atoms with E-state index in [2.05, 4.69) is 67.4 Å². The average Bonchev–Trinajstić information content (AvgIpc) is 3.70. The number of nitrogens with one attached hydrogen (secondary N) is 4. The van der Waals surface area contributed by atoms with Crippen molar-refractivity contribution in [3.8, 4) is 0 Å². The molecule has 6 N–H and O–H groups in total. The number of carboxylic acid groups (broad SMARTS) is 1. The summed E-state index contributed by atoms with van der Waals surface area (Å²) < 4.78 is 5.22. The van der Waals surface area contributed by atoms with Gasteiger partial charge >= 0.3 is 11.9 Å². The Labute approximate surface area is 252 Å². The van der Waals surface area contributed by atoms with Gasteiger partial charge in [-0.25, -0.2) is 0 Å². The summed E-state index contributed by atoms with van der Waals surface area (Å²) in [6.07, 6.45) is 5.15. The first kappa shape index (κ1) is 29.1. The third-order valence-corrected chi connectivity index (χ3v) is 10.4. The summed E-state index contributed by atoms with van der Waals surface area (Å²) in [5.74, 6) is -2.35. The number of methoxy groups -OCH3 is 1. The van der Waals surface area contributed by atoms with Gasteiger partial charge in [0, 0.05) is 81.6 Å². The largest absolute Gasteiger partial charge is 0.481 e. The van der Waals surface area contributed by atoms with Crippen LogP contribution in [0, 0.1) is 37.5 Å². The van der Waals surface area contributed by atoms with E-state index in [1.165, 1.54) is 23.8 Å². The molecule has 43 heavy (non-hydrogen) atoms. The summed E-state index contributed by atoms with van der Waals surface area (Å²) >= 11 is 0. The number of fused-ring (bicyclic) bond motifs is 7. The Morgan fingerprint density at radius 1 is 1.02 bits per heavy atom. The van der Waals surface area contributed by atoms with E-state index >= 15 is 0 Å². The van der Waals surface area contributed by atoms with Crippen LogP contribution in [-0.4, -0.2) is 39.2 Å². The fourth-order valence-corrected chi connectivity index (χ4v) is 7.64. The number of hydrogen-bond acceptors (Lipinski definition) is 6. The lowest BCUT2D eigenvalue weighted by atomic mass is 9.84. The van der Waals surface area contributed by atoms with Crippen LogP contribution < -0.4 is 10.6 Å². The number of esters is 1. The summed E-state index contributed by atoms with van der Waals surface area (Å²) in [6, 6.07) is 0. The zero-order valence-corrected chi connectivity index (χ0v) is 26.0. The van der Waals surface area contributed by atoms with Crippen molar-refractivity contribution < 1.29 is 24.5 Å². The van der Waals surface area contributed by atoms with E-state index in [9.17, 15) is 19.8 Å². The number of aromatic amines is 2. The van der Waals surface area contributed by atoms with Gasteiger partial charge in [0.25, 0.3) is 0 Å². The van der Waals surface area contributed by atoms with Crippen LogP contribution in [0.3, 0.4) is 0 Å². The molecule has 228 valence electrons. The summed E-state index contributed by atoms with van der Waals surface area (Å²) in [5.41, 5.74) is 13.8. The molecule has 1 saturated heterocycles. The van der Waals surface area contributed by atoms with Gasteiger partial charge in [-0.2, -0.15) is 0 Å². The Balaban J connectivity index is 1.63. The van der Waals surface area contributed by atoms with Crippen LogP contribution in [0.15, 0.2) is 34.4 Å². The number of aliphatic carboxylic acids is 1. The van der Waals surface area contributed by atoms with Crippen molar-refractivity contribution in [1.82, 2.24) is 20.6 Å². The van der Waals surface area contributed by atoms with Crippen LogP contribution in [0.4, 0.5) is 0 Å². The number of ether oxygens (including phenoxy) is 1. The topological polar surface area (TPSA) is 139 Å². The minimum absolute atomic E-state index is 0.00791. The van der Waals surface area contributed by atoms with Crippen molar-refractivity contribution in [3.05, 3.63) is 79.5 Å². The highest BCUT2D eigenvalue weighted by molar-refractivity contribution is 5.94. The van der Waals surface area contributed by atoms with Crippen molar-refractivity contribution >= 4 is 23.6 Å². The second-order valence-electron chi connectivity index (χ2n) is 12.5. The number of H-pyrrole nitrogens is 2. The van der Waals surface area contributed by atoms with Crippen molar-refractivity contribution in [2.75, 3.05) is 7.11 Å². The van der Waals surface area contributed by atoms with Gasteiger partial charge in [0.15, 0.2) is 0 Å². The van der Waals surface area contributed by atoms with Crippen LogP contribution >= 0.6 is 0 Å². The number of carboxylic acids is 1. The van der Waals surface area contributed by atoms with Gasteiger partial charge in [0.1, 0.15) is 5.92 Å². The van der Waals surface area contributed by atoms with Crippen molar-refractivity contribution in [2.24, 2.45) is 23.7 Å². The summed E-state index contributed by atoms with van der Waals surface area (Å²) in [4.78, 5) is 32.3. The number of allylic oxidation sites excluding steroid dienone is 4. The molecule has 5 heterocycles. The van der Waals surface area contributed by atoms with Crippen molar-refractivity contribution in [2.45, 2.75) is 73.3 Å². The van der Waals surface area contributed by atoms with Gasteiger partial charge in [-0.3, -0.25) is 9.59 Å². The Morgan fingerprint density at radius 2 is 1.77 bits per heavy atom. The zero-order chi connectivity index (χ0) is 30.9. The molecule has 1 fully saturated rings. The standard InChI is InChI=1S/C34H42N4O5/c1-8-19-16(4)23-11-21-14(2)15(3)22(35-21)12-24-17(5)20(9-10-27(39)40)31(37-24)29-30(34(42)43-7)33(41)28-18(6)25(38-32(28)29)13-26(19)36-23/h11-12,14,17,20,30,33,35-38,41H,8-10,13H2,1-7H3,(H,39,40)/b21-11?,24-12-,31-29-/t14-,17+,20+,30-,33-/m1/s1. The quantitative estimate of drug-likeness (QED) is 0.267. The maximum Gasteiger partial charge on any atom is 0.316 e. The Kier molecular flexibility index (Phi) is 7.19. The monoisotopic (exact) mass is 586 g/mol. The lowest BCUT2D eigenvalue weighted by molar-refractivity contribution is -0.146. The van der Waals surface area contributed by atoms with Crippen LogP contribution in [0.25, 0.3) is 11.6 Å². The minimum Gasteiger partial charge on any atom is -0.481 e. The normalized spacial score (nSPS) is 28.8. The molecule has 0 unspecified atom stereocenters. The van der Waals surface area contributed by atoms with Gasteiger partial charge < -0.3 is 35.6 Å². The highest BCUT2D eigenvalue weighted by atomic mass is 16.5. The lowest BCUT2D eigenvalue weighted by Crippen LogP contribution is -2.24. The highest BCUT2D eigenvalue weighted by Crippen LogP contribution is 2.52. The number of aliphatic hydroxyl groups is 1. The highest BCUT2D eigenvalue weighted by Gasteiger charge is 2.48. The molecule has 4 aliphatic rings. The van der Waals surface area contributed by atoms with Gasteiger partial charge in [-0.15, -0.1) is 0 Å². The second-order valence-corrected chi connectivity index (χ2v) is 12.5. The van der Waals surface area contributed by atoms with Gasteiger partial charge in [0.2, 0.25) is 0 Å². The molecule has 0 amide bonds. The Morgan fingerprint density at radius 3 is 2.44 bits per heavy atom. The second kappa shape index (κ2) is 10.6. The number of carbonyl (C=O) groups excluding carboxylic acids is 1. The van der Waals surface area contributed by atoms with Gasteiger partial charge in [-0.05, 0) is 68.0 Å². The molecule has 2 aromatic heterocycles. The van der Waals surface area contributed by atoms with E-state index in [1.807, 2.05) is 6.92 Å². The Bertz CT molecular complexity index is 1660. The first-order valence-electron chi connectivity index (χ1n) is 15.3. The van der Waals surface area contributed by atoms with Crippen LogP contribution in [0.5, 0.6) is 0 Å². The first-order chi connectivity index (χ1) is 20.5. The number of aromatic nitrogens is 2. The molecular weight excluding hydrogens is 544 g/mol.